The molecule has 0 heterocycles. The van der Waals surface area contributed by atoms with E-state index < -0.39 is 12.1 Å². The van der Waals surface area contributed by atoms with Gasteiger partial charge in [0.2, 0.25) is 0 Å². The summed E-state index contributed by atoms with van der Waals surface area (Å²) in [5.41, 5.74) is 1.61. The lowest BCUT2D eigenvalue weighted by Gasteiger charge is -2.12. The van der Waals surface area contributed by atoms with Crippen molar-refractivity contribution in [3.63, 3.8) is 0 Å². The van der Waals surface area contributed by atoms with Gasteiger partial charge in [-0.15, -0.1) is 0 Å². The van der Waals surface area contributed by atoms with Gasteiger partial charge in [0.15, 0.2) is 6.10 Å². The second kappa shape index (κ2) is 9.63. The lowest BCUT2D eigenvalue weighted by Crippen LogP contribution is -2.35. The van der Waals surface area contributed by atoms with E-state index in [0.29, 0.717) is 17.1 Å². The number of methoxy groups -OCH3 is 1. The fourth-order valence-corrected chi connectivity index (χ4v) is 2.31. The van der Waals surface area contributed by atoms with E-state index in [9.17, 15) is 9.59 Å². The summed E-state index contributed by atoms with van der Waals surface area (Å²) in [6, 6.07) is 14.4. The highest BCUT2D eigenvalue weighted by Gasteiger charge is 2.16. The van der Waals surface area contributed by atoms with E-state index in [4.69, 9.17) is 21.1 Å². The van der Waals surface area contributed by atoms with E-state index >= 15 is 0 Å². The Kier molecular flexibility index (Phi) is 7.24. The minimum atomic E-state index is -0.906. The molecule has 0 saturated heterocycles. The minimum Gasteiger partial charge on any atom is -0.497 e. The number of carbonyl (C=O) groups is 2. The smallest absolute Gasteiger partial charge is 0.331 e. The Morgan fingerprint density at radius 2 is 1.85 bits per heavy atom. The Morgan fingerprint density at radius 1 is 1.15 bits per heavy atom. The Hall–Kier alpha value is -2.79. The average molecular weight is 374 g/mol. The van der Waals surface area contributed by atoms with Crippen LogP contribution in [-0.2, 0) is 20.9 Å². The van der Waals surface area contributed by atoms with Crippen molar-refractivity contribution in [2.45, 2.75) is 19.6 Å². The molecular weight excluding hydrogens is 354 g/mol. The van der Waals surface area contributed by atoms with Crippen LogP contribution < -0.4 is 10.1 Å². The van der Waals surface area contributed by atoms with Crippen LogP contribution in [0.4, 0.5) is 0 Å². The minimum absolute atomic E-state index is 0.334. The van der Waals surface area contributed by atoms with Crippen LogP contribution in [0.5, 0.6) is 5.75 Å². The molecule has 2 aromatic rings. The number of benzene rings is 2. The number of hydrogen-bond acceptors (Lipinski definition) is 4. The number of carbonyl (C=O) groups excluding carboxylic acids is 2. The van der Waals surface area contributed by atoms with Crippen LogP contribution in [0.3, 0.4) is 0 Å². The molecule has 136 valence electrons. The van der Waals surface area contributed by atoms with Gasteiger partial charge in [-0.25, -0.2) is 4.79 Å². The van der Waals surface area contributed by atoms with Crippen molar-refractivity contribution < 1.29 is 19.1 Å². The number of halogens is 1. The highest BCUT2D eigenvalue weighted by molar-refractivity contribution is 6.32. The topological polar surface area (TPSA) is 64.6 Å². The van der Waals surface area contributed by atoms with E-state index in [1.165, 1.54) is 13.0 Å². The lowest BCUT2D eigenvalue weighted by atomic mass is 10.2. The number of esters is 1. The average Bonchev–Trinajstić information content (AvgIpc) is 2.65. The molecule has 0 aliphatic carbocycles. The fourth-order valence-electron chi connectivity index (χ4n) is 2.11. The third-order valence-electron chi connectivity index (χ3n) is 3.59. The Bertz CT molecular complexity index is 787. The molecule has 0 saturated carbocycles. The van der Waals surface area contributed by atoms with Crippen LogP contribution in [0.2, 0.25) is 5.02 Å². The monoisotopic (exact) mass is 373 g/mol. The molecule has 0 aliphatic rings. The van der Waals surface area contributed by atoms with Crippen LogP contribution in [0.1, 0.15) is 18.1 Å². The Balaban J connectivity index is 1.82. The van der Waals surface area contributed by atoms with Gasteiger partial charge in [-0.1, -0.05) is 41.9 Å². The lowest BCUT2D eigenvalue weighted by molar-refractivity contribution is -0.150. The summed E-state index contributed by atoms with van der Waals surface area (Å²) in [4.78, 5) is 23.9. The quantitative estimate of drug-likeness (QED) is 0.594. The normalized spacial score (nSPS) is 11.8. The summed E-state index contributed by atoms with van der Waals surface area (Å²) in [5.74, 6) is -0.245. The second-order valence-corrected chi connectivity index (χ2v) is 5.91. The van der Waals surface area contributed by atoms with E-state index in [1.54, 1.807) is 31.4 Å². The van der Waals surface area contributed by atoms with Gasteiger partial charge in [0.1, 0.15) is 5.75 Å². The van der Waals surface area contributed by atoms with Crippen molar-refractivity contribution in [3.8, 4) is 5.75 Å². The summed E-state index contributed by atoms with van der Waals surface area (Å²) in [6.45, 7) is 1.85. The van der Waals surface area contributed by atoms with Crippen molar-refractivity contribution in [1.82, 2.24) is 5.32 Å². The standard InChI is InChI=1S/C20H20ClNO4/c1-14(20(24)22-13-15-7-10-17(25-2)11-8-15)26-19(23)12-9-16-5-3-4-6-18(16)21/h3-12,14H,13H2,1-2H3,(H,22,24)/b12-9+/t14-/m1/s1. The van der Waals surface area contributed by atoms with Gasteiger partial charge in [0.25, 0.3) is 5.91 Å². The van der Waals surface area contributed by atoms with Gasteiger partial charge in [-0.3, -0.25) is 4.79 Å². The molecule has 0 fully saturated rings. The summed E-state index contributed by atoms with van der Waals surface area (Å²) < 4.78 is 10.2. The van der Waals surface area contributed by atoms with Crippen LogP contribution in [0.15, 0.2) is 54.6 Å². The van der Waals surface area contributed by atoms with Crippen molar-refractivity contribution in [2.24, 2.45) is 0 Å². The highest BCUT2D eigenvalue weighted by atomic mass is 35.5. The zero-order valence-corrected chi connectivity index (χ0v) is 15.3. The number of amides is 1. The second-order valence-electron chi connectivity index (χ2n) is 5.50. The largest absolute Gasteiger partial charge is 0.497 e. The predicted octanol–water partition coefficient (Wildman–Crippen LogP) is 3.61. The molecule has 0 unspecified atom stereocenters. The highest BCUT2D eigenvalue weighted by Crippen LogP contribution is 2.16. The van der Waals surface area contributed by atoms with Crippen molar-refractivity contribution in [2.75, 3.05) is 7.11 Å². The molecule has 1 atom stereocenters. The third-order valence-corrected chi connectivity index (χ3v) is 3.94. The van der Waals surface area contributed by atoms with E-state index in [2.05, 4.69) is 5.32 Å². The summed E-state index contributed by atoms with van der Waals surface area (Å²) in [7, 11) is 1.59. The van der Waals surface area contributed by atoms with Crippen molar-refractivity contribution in [1.29, 1.82) is 0 Å². The zero-order valence-electron chi connectivity index (χ0n) is 14.6. The van der Waals surface area contributed by atoms with Gasteiger partial charge in [-0.2, -0.15) is 0 Å². The molecule has 0 aliphatic heterocycles. The first kappa shape index (κ1) is 19.5. The first-order chi connectivity index (χ1) is 12.5. The first-order valence-corrected chi connectivity index (χ1v) is 8.41. The zero-order chi connectivity index (χ0) is 18.9. The predicted molar refractivity (Wildman–Crippen MR) is 101 cm³/mol. The van der Waals surface area contributed by atoms with Crippen LogP contribution in [0.25, 0.3) is 6.08 Å². The van der Waals surface area contributed by atoms with Crippen LogP contribution >= 0.6 is 11.6 Å². The van der Waals surface area contributed by atoms with E-state index in [-0.39, 0.29) is 5.91 Å². The van der Waals surface area contributed by atoms with Crippen LogP contribution in [-0.4, -0.2) is 25.1 Å². The maximum atomic E-state index is 12.0. The molecule has 1 amide bonds. The first-order valence-electron chi connectivity index (χ1n) is 8.03. The molecule has 0 radical (unpaired) electrons. The van der Waals surface area contributed by atoms with E-state index in [0.717, 1.165) is 11.3 Å². The number of nitrogens with one attached hydrogen (secondary N) is 1. The maximum Gasteiger partial charge on any atom is 0.331 e. The van der Waals surface area contributed by atoms with Crippen molar-refractivity contribution >= 4 is 29.6 Å². The fraction of sp³-hybridized carbons (Fsp3) is 0.200. The van der Waals surface area contributed by atoms with Gasteiger partial charge in [-0.05, 0) is 42.3 Å². The van der Waals surface area contributed by atoms with Crippen LogP contribution in [0, 0.1) is 0 Å². The van der Waals surface area contributed by atoms with E-state index in [1.807, 2.05) is 30.3 Å². The summed E-state index contributed by atoms with van der Waals surface area (Å²) in [5, 5.41) is 3.25. The number of rotatable bonds is 7. The molecular formula is C20H20ClNO4. The summed E-state index contributed by atoms with van der Waals surface area (Å²) >= 11 is 6.01. The molecule has 2 aromatic carbocycles. The number of ether oxygens (including phenoxy) is 2. The molecule has 0 aromatic heterocycles. The number of hydrogen-bond donors (Lipinski definition) is 1. The molecule has 26 heavy (non-hydrogen) atoms. The molecule has 6 heteroatoms. The molecule has 0 bridgehead atoms. The molecule has 2 rings (SSSR count). The Labute approximate surface area is 157 Å². The molecule has 5 nitrogen and oxygen atoms in total. The Morgan fingerprint density at radius 3 is 2.50 bits per heavy atom. The van der Waals surface area contributed by atoms with Gasteiger partial charge < -0.3 is 14.8 Å². The molecule has 0 spiro atoms. The van der Waals surface area contributed by atoms with Crippen molar-refractivity contribution in [3.05, 3.63) is 70.8 Å². The third kappa shape index (κ3) is 5.93. The SMILES string of the molecule is COc1ccc(CNC(=O)[C@@H](C)OC(=O)/C=C/c2ccccc2Cl)cc1. The van der Waals surface area contributed by atoms with Gasteiger partial charge in [0, 0.05) is 17.6 Å². The maximum absolute atomic E-state index is 12.0. The van der Waals surface area contributed by atoms with Gasteiger partial charge >= 0.3 is 5.97 Å². The summed E-state index contributed by atoms with van der Waals surface area (Å²) in [6.07, 6.45) is 1.89. The van der Waals surface area contributed by atoms with Gasteiger partial charge in [0.05, 0.1) is 7.11 Å². The molecule has 1 N–H and O–H groups in total.